The maximum Gasteiger partial charge on any atom is 0.255 e. The fourth-order valence-electron chi connectivity index (χ4n) is 2.09. The van der Waals surface area contributed by atoms with E-state index in [1.54, 1.807) is 24.3 Å². The summed E-state index contributed by atoms with van der Waals surface area (Å²) in [6.45, 7) is 2.63. The molecule has 0 saturated heterocycles. The van der Waals surface area contributed by atoms with E-state index in [2.05, 4.69) is 10.6 Å². The number of unbranched alkanes of at least 4 members (excludes halogenated alkanes) is 1. The third-order valence-corrected chi connectivity index (χ3v) is 3.32. The van der Waals surface area contributed by atoms with Gasteiger partial charge in [0, 0.05) is 12.1 Å². The van der Waals surface area contributed by atoms with Gasteiger partial charge in [-0.05, 0) is 36.8 Å². The number of rotatable bonds is 6. The lowest BCUT2D eigenvalue weighted by Gasteiger charge is -2.11. The van der Waals surface area contributed by atoms with Crippen LogP contribution in [-0.2, 0) is 0 Å². The average molecular weight is 314 g/mol. The Hall–Kier alpha value is -2.69. The molecular weight excluding hydrogens is 295 g/mol. The summed E-state index contributed by atoms with van der Waals surface area (Å²) in [7, 11) is 0. The smallest absolute Gasteiger partial charge is 0.255 e. The van der Waals surface area contributed by atoms with Gasteiger partial charge in [0.2, 0.25) is 0 Å². The molecule has 2 rings (SSSR count). The summed E-state index contributed by atoms with van der Waals surface area (Å²) < 4.78 is 13.2. The highest BCUT2D eigenvalue weighted by Crippen LogP contribution is 2.16. The average Bonchev–Trinajstić information content (AvgIpc) is 2.55. The van der Waals surface area contributed by atoms with E-state index in [-0.39, 0.29) is 11.5 Å². The van der Waals surface area contributed by atoms with Gasteiger partial charge >= 0.3 is 0 Å². The number of carbonyl (C=O) groups is 2. The molecule has 2 amide bonds. The Bertz CT molecular complexity index is 701. The van der Waals surface area contributed by atoms with Gasteiger partial charge in [0.15, 0.2) is 0 Å². The molecular formula is C18H19FN2O2. The van der Waals surface area contributed by atoms with Crippen LogP contribution in [0.2, 0.25) is 0 Å². The van der Waals surface area contributed by atoms with Crippen molar-refractivity contribution in [2.45, 2.75) is 19.8 Å². The summed E-state index contributed by atoms with van der Waals surface area (Å²) in [6.07, 6.45) is 1.88. The number of carbonyl (C=O) groups excluding carboxylic acids is 2. The van der Waals surface area contributed by atoms with Gasteiger partial charge in [-0.2, -0.15) is 0 Å². The van der Waals surface area contributed by atoms with E-state index in [0.717, 1.165) is 18.9 Å². The molecule has 0 atom stereocenters. The minimum atomic E-state index is -0.483. The zero-order valence-corrected chi connectivity index (χ0v) is 12.9. The molecule has 0 saturated carbocycles. The fourth-order valence-corrected chi connectivity index (χ4v) is 2.09. The second kappa shape index (κ2) is 8.08. The number of nitrogens with one attached hydrogen (secondary N) is 2. The van der Waals surface area contributed by atoms with Crippen LogP contribution in [0, 0.1) is 5.82 Å². The number of hydrogen-bond acceptors (Lipinski definition) is 2. The lowest BCUT2D eigenvalue weighted by Crippen LogP contribution is -2.26. The molecule has 0 heterocycles. The van der Waals surface area contributed by atoms with E-state index < -0.39 is 11.7 Å². The Kier molecular flexibility index (Phi) is 5.86. The predicted octanol–water partition coefficient (Wildman–Crippen LogP) is 3.61. The maximum absolute atomic E-state index is 13.2. The number of amides is 2. The summed E-state index contributed by atoms with van der Waals surface area (Å²) in [4.78, 5) is 24.4. The zero-order valence-electron chi connectivity index (χ0n) is 12.9. The topological polar surface area (TPSA) is 58.2 Å². The molecule has 4 nitrogen and oxygen atoms in total. The number of hydrogen-bond donors (Lipinski definition) is 2. The van der Waals surface area contributed by atoms with E-state index in [1.807, 2.05) is 6.92 Å². The highest BCUT2D eigenvalue weighted by molar-refractivity contribution is 6.08. The van der Waals surface area contributed by atoms with Crippen LogP contribution in [0.15, 0.2) is 48.5 Å². The molecule has 120 valence electrons. The van der Waals surface area contributed by atoms with Gasteiger partial charge < -0.3 is 10.6 Å². The molecule has 2 aromatic carbocycles. The van der Waals surface area contributed by atoms with E-state index in [4.69, 9.17) is 0 Å². The van der Waals surface area contributed by atoms with Crippen LogP contribution in [0.4, 0.5) is 10.1 Å². The van der Waals surface area contributed by atoms with Crippen molar-refractivity contribution in [2.24, 2.45) is 0 Å². The van der Waals surface area contributed by atoms with Crippen LogP contribution in [0.3, 0.4) is 0 Å². The Morgan fingerprint density at radius 1 is 1.04 bits per heavy atom. The number of anilines is 1. The van der Waals surface area contributed by atoms with Crippen molar-refractivity contribution in [1.29, 1.82) is 0 Å². The zero-order chi connectivity index (χ0) is 16.7. The molecule has 2 N–H and O–H groups in total. The first-order valence-corrected chi connectivity index (χ1v) is 7.56. The molecule has 0 aliphatic carbocycles. The summed E-state index contributed by atoms with van der Waals surface area (Å²) in [5, 5.41) is 5.47. The molecule has 0 unspecified atom stereocenters. The van der Waals surface area contributed by atoms with Crippen LogP contribution >= 0.6 is 0 Å². The van der Waals surface area contributed by atoms with Crippen LogP contribution < -0.4 is 10.6 Å². The molecule has 0 aromatic heterocycles. The van der Waals surface area contributed by atoms with E-state index >= 15 is 0 Å². The first-order valence-electron chi connectivity index (χ1n) is 7.56. The number of para-hydroxylation sites is 1. The van der Waals surface area contributed by atoms with E-state index in [0.29, 0.717) is 17.8 Å². The van der Waals surface area contributed by atoms with E-state index in [9.17, 15) is 14.0 Å². The minimum Gasteiger partial charge on any atom is -0.352 e. The van der Waals surface area contributed by atoms with E-state index in [1.165, 1.54) is 18.2 Å². The molecule has 0 fully saturated rings. The summed E-state index contributed by atoms with van der Waals surface area (Å²) in [5.74, 6) is -1.19. The molecule has 0 aliphatic rings. The number of halogens is 1. The largest absolute Gasteiger partial charge is 0.352 e. The van der Waals surface area contributed by atoms with Crippen LogP contribution in [-0.4, -0.2) is 18.4 Å². The van der Waals surface area contributed by atoms with Crippen molar-refractivity contribution < 1.29 is 14.0 Å². The predicted molar refractivity (Wildman–Crippen MR) is 88.0 cm³/mol. The molecule has 2 aromatic rings. The highest BCUT2D eigenvalue weighted by Gasteiger charge is 2.14. The Balaban J connectivity index is 2.14. The van der Waals surface area contributed by atoms with Crippen LogP contribution in [0.5, 0.6) is 0 Å². The molecule has 5 heteroatoms. The second-order valence-electron chi connectivity index (χ2n) is 5.12. The molecule has 23 heavy (non-hydrogen) atoms. The Morgan fingerprint density at radius 3 is 2.57 bits per heavy atom. The SMILES string of the molecule is CCCCNC(=O)c1ccccc1NC(=O)c1cccc(F)c1. The fraction of sp³-hybridized carbons (Fsp3) is 0.222. The Morgan fingerprint density at radius 2 is 1.83 bits per heavy atom. The third-order valence-electron chi connectivity index (χ3n) is 3.32. The van der Waals surface area contributed by atoms with Crippen molar-refractivity contribution in [2.75, 3.05) is 11.9 Å². The Labute approximate surface area is 134 Å². The summed E-state index contributed by atoms with van der Waals surface area (Å²) >= 11 is 0. The molecule has 0 aliphatic heterocycles. The molecule has 0 bridgehead atoms. The van der Waals surface area contributed by atoms with Gasteiger partial charge in [-0.1, -0.05) is 31.5 Å². The van der Waals surface area contributed by atoms with Gasteiger partial charge in [-0.15, -0.1) is 0 Å². The lowest BCUT2D eigenvalue weighted by atomic mass is 10.1. The molecule has 0 spiro atoms. The van der Waals surface area contributed by atoms with Gasteiger partial charge in [-0.25, -0.2) is 4.39 Å². The van der Waals surface area contributed by atoms with Crippen molar-refractivity contribution >= 4 is 17.5 Å². The highest BCUT2D eigenvalue weighted by atomic mass is 19.1. The van der Waals surface area contributed by atoms with Gasteiger partial charge in [0.05, 0.1) is 11.3 Å². The van der Waals surface area contributed by atoms with Gasteiger partial charge in [0.25, 0.3) is 11.8 Å². The standard InChI is InChI=1S/C18H19FN2O2/c1-2-3-11-20-18(23)15-9-4-5-10-16(15)21-17(22)13-7-6-8-14(19)12-13/h4-10,12H,2-3,11H2,1H3,(H,20,23)(H,21,22). The van der Waals surface area contributed by atoms with Gasteiger partial charge in [0.1, 0.15) is 5.82 Å². The lowest BCUT2D eigenvalue weighted by molar-refractivity contribution is 0.0954. The van der Waals surface area contributed by atoms with Crippen LogP contribution in [0.1, 0.15) is 40.5 Å². The normalized spacial score (nSPS) is 10.2. The van der Waals surface area contributed by atoms with Crippen molar-refractivity contribution in [3.8, 4) is 0 Å². The van der Waals surface area contributed by atoms with Crippen molar-refractivity contribution in [1.82, 2.24) is 5.32 Å². The first-order chi connectivity index (χ1) is 11.1. The number of benzene rings is 2. The molecule has 0 radical (unpaired) electrons. The minimum absolute atomic E-state index is 0.200. The first kappa shape index (κ1) is 16.7. The van der Waals surface area contributed by atoms with Crippen LogP contribution in [0.25, 0.3) is 0 Å². The summed E-state index contributed by atoms with van der Waals surface area (Å²) in [5.41, 5.74) is 0.982. The third kappa shape index (κ3) is 4.64. The van der Waals surface area contributed by atoms with Crippen molar-refractivity contribution in [3.63, 3.8) is 0 Å². The van der Waals surface area contributed by atoms with Gasteiger partial charge in [-0.3, -0.25) is 9.59 Å². The quantitative estimate of drug-likeness (QED) is 0.800. The maximum atomic E-state index is 13.2. The second-order valence-corrected chi connectivity index (χ2v) is 5.12. The summed E-state index contributed by atoms with van der Waals surface area (Å²) in [6, 6.07) is 12.1. The van der Waals surface area contributed by atoms with Crippen molar-refractivity contribution in [3.05, 3.63) is 65.5 Å². The monoisotopic (exact) mass is 314 g/mol.